The molecule has 0 nitrogen and oxygen atoms in total. The van der Waals surface area contributed by atoms with Crippen molar-refractivity contribution < 1.29 is 0 Å². The first-order chi connectivity index (χ1) is 13.3. The molecule has 0 spiro atoms. The molecule has 0 bridgehead atoms. The van der Waals surface area contributed by atoms with Gasteiger partial charge in [0, 0.05) is 5.02 Å². The van der Waals surface area contributed by atoms with Gasteiger partial charge in [-0.15, -0.1) is 0 Å². The predicted molar refractivity (Wildman–Crippen MR) is 117 cm³/mol. The Morgan fingerprint density at radius 1 is 0.370 bits per heavy atom. The summed E-state index contributed by atoms with van der Waals surface area (Å²) in [7, 11) is 0. The Balaban J connectivity index is 1.79. The molecule has 0 amide bonds. The van der Waals surface area contributed by atoms with Gasteiger partial charge in [0.25, 0.3) is 0 Å². The second-order valence-corrected chi connectivity index (χ2v) is 7.18. The minimum absolute atomic E-state index is 0.761. The van der Waals surface area contributed by atoms with E-state index in [-0.39, 0.29) is 0 Å². The van der Waals surface area contributed by atoms with Crippen molar-refractivity contribution in [1.29, 1.82) is 0 Å². The molecule has 27 heavy (non-hydrogen) atoms. The third kappa shape index (κ3) is 2.79. The predicted octanol–water partition coefficient (Wildman–Crippen LogP) is 7.98. The van der Waals surface area contributed by atoms with E-state index in [0.717, 1.165) is 5.02 Å². The van der Waals surface area contributed by atoms with Crippen LogP contribution < -0.4 is 0 Å². The maximum atomic E-state index is 6.07. The lowest BCUT2D eigenvalue weighted by molar-refractivity contribution is 1.64. The zero-order chi connectivity index (χ0) is 18.2. The third-order valence-electron chi connectivity index (χ3n) is 5.16. The third-order valence-corrected chi connectivity index (χ3v) is 5.41. The molecule has 0 atom stereocenters. The van der Waals surface area contributed by atoms with Crippen molar-refractivity contribution in [2.24, 2.45) is 0 Å². The molecular weight excluding hydrogens is 348 g/mol. The molecule has 0 saturated heterocycles. The van der Waals surface area contributed by atoms with E-state index in [4.69, 9.17) is 11.6 Å². The van der Waals surface area contributed by atoms with Crippen LogP contribution in [0.5, 0.6) is 0 Å². The summed E-state index contributed by atoms with van der Waals surface area (Å²) in [5.74, 6) is 0. The summed E-state index contributed by atoms with van der Waals surface area (Å²) in [5.41, 5.74) is 4.93. The van der Waals surface area contributed by atoms with E-state index in [1.165, 1.54) is 43.8 Å². The quantitative estimate of drug-likeness (QED) is 0.278. The maximum Gasteiger partial charge on any atom is 0.0406 e. The van der Waals surface area contributed by atoms with Gasteiger partial charge in [0.05, 0.1) is 0 Å². The van der Waals surface area contributed by atoms with Crippen LogP contribution in [-0.4, -0.2) is 0 Å². The molecule has 0 aliphatic carbocycles. The number of hydrogen-bond donors (Lipinski definition) is 0. The van der Waals surface area contributed by atoms with Gasteiger partial charge in [-0.2, -0.15) is 0 Å². The highest BCUT2D eigenvalue weighted by molar-refractivity contribution is 6.30. The van der Waals surface area contributed by atoms with E-state index in [1.54, 1.807) is 0 Å². The van der Waals surface area contributed by atoms with Crippen molar-refractivity contribution in [1.82, 2.24) is 0 Å². The van der Waals surface area contributed by atoms with Gasteiger partial charge in [0.1, 0.15) is 0 Å². The number of fused-ring (bicyclic) bond motifs is 3. The normalized spacial score (nSPS) is 11.1. The fourth-order valence-electron chi connectivity index (χ4n) is 3.88. The van der Waals surface area contributed by atoms with E-state index in [2.05, 4.69) is 91.0 Å². The molecule has 0 heterocycles. The highest BCUT2D eigenvalue weighted by Crippen LogP contribution is 2.37. The van der Waals surface area contributed by atoms with E-state index in [1.807, 2.05) is 12.1 Å². The lowest BCUT2D eigenvalue weighted by atomic mass is 9.91. The van der Waals surface area contributed by atoms with Gasteiger partial charge in [-0.25, -0.2) is 0 Å². The number of halogens is 1. The largest absolute Gasteiger partial charge is 0.0843 e. The molecule has 5 aromatic rings. The van der Waals surface area contributed by atoms with Crippen LogP contribution in [0.1, 0.15) is 0 Å². The topological polar surface area (TPSA) is 0 Å². The molecule has 0 saturated carbocycles. The fourth-order valence-corrected chi connectivity index (χ4v) is 4.00. The summed E-state index contributed by atoms with van der Waals surface area (Å²) >= 11 is 6.07. The van der Waals surface area contributed by atoms with Crippen molar-refractivity contribution >= 4 is 33.1 Å². The van der Waals surface area contributed by atoms with Gasteiger partial charge in [-0.05, 0) is 55.9 Å². The van der Waals surface area contributed by atoms with Crippen molar-refractivity contribution in [3.05, 3.63) is 108 Å². The average molecular weight is 365 g/mol. The van der Waals surface area contributed by atoms with Gasteiger partial charge < -0.3 is 0 Å². The molecule has 0 fully saturated rings. The van der Waals surface area contributed by atoms with Crippen molar-refractivity contribution in [2.75, 3.05) is 0 Å². The molecular formula is C26H17Cl. The Bertz CT molecular complexity index is 1250. The highest BCUT2D eigenvalue weighted by atomic mass is 35.5. The zero-order valence-electron chi connectivity index (χ0n) is 14.7. The molecule has 0 unspecified atom stereocenters. The van der Waals surface area contributed by atoms with E-state index >= 15 is 0 Å². The second-order valence-electron chi connectivity index (χ2n) is 6.74. The Morgan fingerprint density at radius 2 is 0.889 bits per heavy atom. The first-order valence-electron chi connectivity index (χ1n) is 9.07. The summed E-state index contributed by atoms with van der Waals surface area (Å²) in [6.45, 7) is 0. The van der Waals surface area contributed by atoms with Gasteiger partial charge >= 0.3 is 0 Å². The lowest BCUT2D eigenvalue weighted by Gasteiger charge is -2.12. The van der Waals surface area contributed by atoms with Crippen LogP contribution >= 0.6 is 11.6 Å². The molecule has 5 aromatic carbocycles. The smallest absolute Gasteiger partial charge is 0.0406 e. The number of benzene rings is 5. The van der Waals surface area contributed by atoms with E-state index < -0.39 is 0 Å². The Hall–Kier alpha value is -3.09. The van der Waals surface area contributed by atoms with Crippen molar-refractivity contribution in [3.8, 4) is 22.3 Å². The molecule has 5 rings (SSSR count). The number of hydrogen-bond acceptors (Lipinski definition) is 0. The highest BCUT2D eigenvalue weighted by Gasteiger charge is 2.09. The molecule has 1 heteroatoms. The SMILES string of the molecule is Clc1ccc(-c2cccc3c2ccc2c(-c4ccccc4)cccc23)cc1. The summed E-state index contributed by atoms with van der Waals surface area (Å²) < 4.78 is 0. The van der Waals surface area contributed by atoms with Crippen LogP contribution in [0.15, 0.2) is 103 Å². The molecule has 0 aromatic heterocycles. The first-order valence-corrected chi connectivity index (χ1v) is 9.45. The van der Waals surface area contributed by atoms with Crippen LogP contribution in [0, 0.1) is 0 Å². The Morgan fingerprint density at radius 3 is 1.44 bits per heavy atom. The maximum absolute atomic E-state index is 6.07. The summed E-state index contributed by atoms with van der Waals surface area (Å²) in [6, 6.07) is 36.2. The van der Waals surface area contributed by atoms with Gasteiger partial charge in [0.15, 0.2) is 0 Å². The first kappa shape index (κ1) is 16.1. The lowest BCUT2D eigenvalue weighted by Crippen LogP contribution is -1.86. The van der Waals surface area contributed by atoms with Crippen LogP contribution in [-0.2, 0) is 0 Å². The molecule has 0 aliphatic heterocycles. The van der Waals surface area contributed by atoms with E-state index in [0.29, 0.717) is 0 Å². The Kier molecular flexibility index (Phi) is 3.92. The minimum atomic E-state index is 0.761. The molecule has 128 valence electrons. The number of rotatable bonds is 2. The van der Waals surface area contributed by atoms with Crippen molar-refractivity contribution in [2.45, 2.75) is 0 Å². The van der Waals surface area contributed by atoms with Crippen LogP contribution in [0.4, 0.5) is 0 Å². The van der Waals surface area contributed by atoms with Crippen LogP contribution in [0.25, 0.3) is 43.8 Å². The standard InChI is InChI=1S/C26H17Cl/c27-20-14-12-19(13-15-20)22-9-5-11-24-23-10-4-8-21(18-6-2-1-3-7-18)25(23)16-17-26(22)24/h1-17H. The minimum Gasteiger partial charge on any atom is -0.0843 e. The molecule has 0 radical (unpaired) electrons. The van der Waals surface area contributed by atoms with Crippen LogP contribution in [0.2, 0.25) is 5.02 Å². The monoisotopic (exact) mass is 364 g/mol. The average Bonchev–Trinajstić information content (AvgIpc) is 2.74. The Labute approximate surface area is 163 Å². The molecule has 0 aliphatic rings. The second kappa shape index (κ2) is 6.57. The summed E-state index contributed by atoms with van der Waals surface area (Å²) in [4.78, 5) is 0. The summed E-state index contributed by atoms with van der Waals surface area (Å²) in [5, 5.41) is 5.86. The van der Waals surface area contributed by atoms with E-state index in [9.17, 15) is 0 Å². The summed E-state index contributed by atoms with van der Waals surface area (Å²) in [6.07, 6.45) is 0. The van der Waals surface area contributed by atoms with Gasteiger partial charge in [-0.3, -0.25) is 0 Å². The van der Waals surface area contributed by atoms with Crippen LogP contribution in [0.3, 0.4) is 0 Å². The van der Waals surface area contributed by atoms with Gasteiger partial charge in [0.2, 0.25) is 0 Å². The van der Waals surface area contributed by atoms with Crippen molar-refractivity contribution in [3.63, 3.8) is 0 Å². The van der Waals surface area contributed by atoms with Gasteiger partial charge in [-0.1, -0.05) is 103 Å². The zero-order valence-corrected chi connectivity index (χ0v) is 15.4. The molecule has 0 N–H and O–H groups in total. The fraction of sp³-hybridized carbons (Fsp3) is 0.